The molecule has 0 unspecified atom stereocenters. The van der Waals surface area contributed by atoms with E-state index in [9.17, 15) is 19.1 Å². The average molecular weight is 363 g/mol. The number of carbonyl (C=O) groups is 1. The van der Waals surface area contributed by atoms with E-state index in [1.54, 1.807) is 9.47 Å². The Morgan fingerprint density at radius 3 is 2.50 bits per heavy atom. The highest BCUT2D eigenvalue weighted by molar-refractivity contribution is 5.95. The van der Waals surface area contributed by atoms with Gasteiger partial charge < -0.3 is 19.9 Å². The van der Waals surface area contributed by atoms with Crippen LogP contribution in [0, 0.1) is 18.6 Å². The zero-order valence-electron chi connectivity index (χ0n) is 14.3. The molecule has 1 saturated carbocycles. The number of carboxylic acid groups (broad SMARTS) is 1. The van der Waals surface area contributed by atoms with E-state index in [4.69, 9.17) is 0 Å². The summed E-state index contributed by atoms with van der Waals surface area (Å²) in [5.74, 6) is -3.00. The number of benzene rings is 1. The fourth-order valence-electron chi connectivity index (χ4n) is 3.81. The number of nitrogens with zero attached hydrogens (tertiary/aromatic N) is 2. The Balaban J connectivity index is 2.08. The Labute approximate surface area is 148 Å². The van der Waals surface area contributed by atoms with Gasteiger partial charge in [0, 0.05) is 37.9 Å². The van der Waals surface area contributed by atoms with Crippen LogP contribution in [-0.2, 0) is 0 Å². The monoisotopic (exact) mass is 363 g/mol. The molecule has 2 fully saturated rings. The molecule has 1 aliphatic heterocycles. The number of halogens is 2. The van der Waals surface area contributed by atoms with Crippen molar-refractivity contribution in [1.29, 1.82) is 0 Å². The Hall–Kier alpha value is -2.48. The van der Waals surface area contributed by atoms with Gasteiger partial charge in [-0.2, -0.15) is 0 Å². The second-order valence-corrected chi connectivity index (χ2v) is 6.85. The summed E-state index contributed by atoms with van der Waals surface area (Å²) in [6.45, 7) is 3.65. The van der Waals surface area contributed by atoms with Gasteiger partial charge in [0.15, 0.2) is 5.82 Å². The van der Waals surface area contributed by atoms with Crippen LogP contribution in [0.15, 0.2) is 10.9 Å². The number of fused-ring (bicyclic) bond motifs is 1. The highest BCUT2D eigenvalue weighted by Crippen LogP contribution is 2.41. The van der Waals surface area contributed by atoms with Crippen molar-refractivity contribution in [2.45, 2.75) is 25.8 Å². The number of carboxylic acids is 1. The largest absolute Gasteiger partial charge is 0.477 e. The topological polar surface area (TPSA) is 74.6 Å². The molecule has 6 nitrogen and oxygen atoms in total. The van der Waals surface area contributed by atoms with Crippen molar-refractivity contribution in [2.24, 2.45) is 0 Å². The average Bonchev–Trinajstić information content (AvgIpc) is 3.42. The number of nitrogens with one attached hydrogen (secondary N) is 1. The second kappa shape index (κ2) is 6.05. The van der Waals surface area contributed by atoms with Crippen LogP contribution in [0.1, 0.15) is 34.9 Å². The molecule has 2 aliphatic rings. The number of rotatable bonds is 3. The van der Waals surface area contributed by atoms with Crippen molar-refractivity contribution in [3.63, 3.8) is 0 Å². The van der Waals surface area contributed by atoms with Gasteiger partial charge in [0.1, 0.15) is 17.1 Å². The maximum atomic E-state index is 15.4. The molecular weight excluding hydrogens is 344 g/mol. The van der Waals surface area contributed by atoms with Crippen molar-refractivity contribution in [3.05, 3.63) is 39.2 Å². The third-order valence-corrected chi connectivity index (χ3v) is 5.16. The first-order valence-corrected chi connectivity index (χ1v) is 8.67. The van der Waals surface area contributed by atoms with E-state index in [1.165, 1.54) is 6.92 Å². The first kappa shape index (κ1) is 17.0. The number of anilines is 1. The number of pyridine rings is 1. The van der Waals surface area contributed by atoms with Gasteiger partial charge in [0.2, 0.25) is 5.43 Å². The molecule has 0 amide bonds. The summed E-state index contributed by atoms with van der Waals surface area (Å²) in [6.07, 6.45) is 1.55. The van der Waals surface area contributed by atoms with Gasteiger partial charge in [0.25, 0.3) is 0 Å². The van der Waals surface area contributed by atoms with Gasteiger partial charge >= 0.3 is 5.97 Å². The summed E-state index contributed by atoms with van der Waals surface area (Å²) in [5.41, 5.74) is -1.18. The van der Waals surface area contributed by atoms with E-state index in [0.717, 1.165) is 18.9 Å². The standard InChI is InChI=1S/C18H19F2N3O3/c1-9-13(18(25)26)17(24)11-8-12(19)16(22-6-4-21-5-7-22)14(20)15(11)23(9)10-2-3-10/h8,10,21H,2-7H2,1H3,(H,25,26). The SMILES string of the molecule is Cc1c(C(=O)O)c(=O)c2cc(F)c(N3CCNCC3)c(F)c2n1C1CC1. The molecule has 0 spiro atoms. The molecule has 138 valence electrons. The molecule has 1 saturated heterocycles. The van der Waals surface area contributed by atoms with Crippen molar-refractivity contribution in [2.75, 3.05) is 31.1 Å². The molecule has 1 aromatic carbocycles. The van der Waals surface area contributed by atoms with Crippen molar-refractivity contribution < 1.29 is 18.7 Å². The number of hydrogen-bond acceptors (Lipinski definition) is 4. The molecule has 0 atom stereocenters. The van der Waals surface area contributed by atoms with Gasteiger partial charge in [0.05, 0.1) is 10.9 Å². The normalized spacial score (nSPS) is 17.7. The molecule has 8 heteroatoms. The van der Waals surface area contributed by atoms with Crippen LogP contribution in [0.4, 0.5) is 14.5 Å². The first-order chi connectivity index (χ1) is 12.4. The number of piperazine rings is 1. The number of aromatic nitrogens is 1. The predicted molar refractivity (Wildman–Crippen MR) is 93.2 cm³/mol. The van der Waals surface area contributed by atoms with Crippen molar-refractivity contribution >= 4 is 22.6 Å². The van der Waals surface area contributed by atoms with Crippen molar-refractivity contribution in [1.82, 2.24) is 9.88 Å². The lowest BCUT2D eigenvalue weighted by Crippen LogP contribution is -2.44. The van der Waals surface area contributed by atoms with Crippen molar-refractivity contribution in [3.8, 4) is 0 Å². The van der Waals surface area contributed by atoms with Crippen LogP contribution in [0.2, 0.25) is 0 Å². The third-order valence-electron chi connectivity index (χ3n) is 5.16. The molecule has 1 aliphatic carbocycles. The zero-order valence-corrected chi connectivity index (χ0v) is 14.3. The van der Waals surface area contributed by atoms with E-state index in [1.807, 2.05) is 0 Å². The maximum absolute atomic E-state index is 15.4. The smallest absolute Gasteiger partial charge is 0.341 e. The van der Waals surface area contributed by atoms with Crippen LogP contribution in [-0.4, -0.2) is 41.8 Å². The van der Waals surface area contributed by atoms with E-state index in [-0.39, 0.29) is 28.3 Å². The number of aromatic carboxylic acids is 1. The van der Waals surface area contributed by atoms with Crippen LogP contribution < -0.4 is 15.6 Å². The minimum Gasteiger partial charge on any atom is -0.477 e. The molecular formula is C18H19F2N3O3. The number of hydrogen-bond donors (Lipinski definition) is 2. The predicted octanol–water partition coefficient (Wildman–Crippen LogP) is 2.03. The van der Waals surface area contributed by atoms with Gasteiger partial charge in [-0.25, -0.2) is 13.6 Å². The lowest BCUT2D eigenvalue weighted by atomic mass is 10.1. The third kappa shape index (κ3) is 2.47. The van der Waals surface area contributed by atoms with E-state index < -0.39 is 28.6 Å². The summed E-state index contributed by atoms with van der Waals surface area (Å²) >= 11 is 0. The first-order valence-electron chi connectivity index (χ1n) is 8.67. The second-order valence-electron chi connectivity index (χ2n) is 6.85. The lowest BCUT2D eigenvalue weighted by Gasteiger charge is -2.30. The quantitative estimate of drug-likeness (QED) is 0.873. The Morgan fingerprint density at radius 2 is 1.92 bits per heavy atom. The van der Waals surface area contributed by atoms with Crippen LogP contribution >= 0.6 is 0 Å². The molecule has 0 bridgehead atoms. The minimum atomic E-state index is -1.38. The summed E-state index contributed by atoms with van der Waals surface area (Å²) in [6, 6.07) is 0.926. The summed E-state index contributed by atoms with van der Waals surface area (Å²) in [5, 5.41) is 12.3. The van der Waals surface area contributed by atoms with E-state index in [0.29, 0.717) is 26.2 Å². The van der Waals surface area contributed by atoms with Gasteiger partial charge in [-0.05, 0) is 25.8 Å². The van der Waals surface area contributed by atoms with Crippen LogP contribution in [0.5, 0.6) is 0 Å². The molecule has 1 aromatic heterocycles. The zero-order chi connectivity index (χ0) is 18.6. The minimum absolute atomic E-state index is 0.00920. The molecule has 4 rings (SSSR count). The Bertz CT molecular complexity index is 976. The Morgan fingerprint density at radius 1 is 1.27 bits per heavy atom. The highest BCUT2D eigenvalue weighted by Gasteiger charge is 2.33. The molecule has 2 aromatic rings. The van der Waals surface area contributed by atoms with E-state index >= 15 is 4.39 Å². The lowest BCUT2D eigenvalue weighted by molar-refractivity contribution is 0.0694. The van der Waals surface area contributed by atoms with E-state index in [2.05, 4.69) is 5.32 Å². The van der Waals surface area contributed by atoms with Gasteiger partial charge in [-0.3, -0.25) is 4.79 Å². The highest BCUT2D eigenvalue weighted by atomic mass is 19.1. The fourth-order valence-corrected chi connectivity index (χ4v) is 3.81. The Kier molecular flexibility index (Phi) is 3.95. The summed E-state index contributed by atoms with van der Waals surface area (Å²) < 4.78 is 31.7. The molecule has 2 N–H and O–H groups in total. The van der Waals surface area contributed by atoms with Gasteiger partial charge in [-0.1, -0.05) is 0 Å². The molecule has 0 radical (unpaired) electrons. The summed E-state index contributed by atoms with van der Waals surface area (Å²) in [7, 11) is 0. The molecule has 2 heterocycles. The summed E-state index contributed by atoms with van der Waals surface area (Å²) in [4.78, 5) is 25.8. The van der Waals surface area contributed by atoms with Gasteiger partial charge in [-0.15, -0.1) is 0 Å². The maximum Gasteiger partial charge on any atom is 0.341 e. The van der Waals surface area contributed by atoms with Crippen LogP contribution in [0.3, 0.4) is 0 Å². The van der Waals surface area contributed by atoms with Crippen LogP contribution in [0.25, 0.3) is 10.9 Å². The molecule has 26 heavy (non-hydrogen) atoms. The fraction of sp³-hybridized carbons (Fsp3) is 0.444.